The first-order valence-corrected chi connectivity index (χ1v) is 5.07. The molecule has 1 aromatic carbocycles. The van der Waals surface area contributed by atoms with Crippen LogP contribution in [0, 0.1) is 0 Å². The van der Waals surface area contributed by atoms with Crippen molar-refractivity contribution in [1.29, 1.82) is 0 Å². The average Bonchev–Trinajstić information content (AvgIpc) is 2.16. The van der Waals surface area contributed by atoms with Gasteiger partial charge >= 0.3 is 0 Å². The zero-order valence-corrected chi connectivity index (χ0v) is 9.21. The molecule has 0 radical (unpaired) electrons. The summed E-state index contributed by atoms with van der Waals surface area (Å²) in [6, 6.07) is 5.37. The van der Waals surface area contributed by atoms with E-state index in [1.165, 1.54) is 0 Å². The van der Waals surface area contributed by atoms with Crippen molar-refractivity contribution in [3.05, 3.63) is 23.8 Å². The third-order valence-electron chi connectivity index (χ3n) is 2.07. The van der Waals surface area contributed by atoms with Gasteiger partial charge in [-0.15, -0.1) is 11.6 Å². The van der Waals surface area contributed by atoms with E-state index in [0.717, 1.165) is 18.4 Å². The second-order valence-corrected chi connectivity index (χ2v) is 4.07. The van der Waals surface area contributed by atoms with Gasteiger partial charge in [0.1, 0.15) is 0 Å². The van der Waals surface area contributed by atoms with Gasteiger partial charge in [-0.05, 0) is 37.5 Å². The SMILES string of the molecule is COc1cc(CCC(C)Cl)ccc1O. The fraction of sp³-hybridized carbons (Fsp3) is 0.455. The number of ether oxygens (including phenoxy) is 1. The number of aryl methyl sites for hydroxylation is 1. The van der Waals surface area contributed by atoms with Crippen LogP contribution in [0.3, 0.4) is 0 Å². The summed E-state index contributed by atoms with van der Waals surface area (Å²) in [6.07, 6.45) is 1.83. The molecule has 1 aromatic rings. The fourth-order valence-corrected chi connectivity index (χ4v) is 1.35. The third kappa shape index (κ3) is 3.11. The van der Waals surface area contributed by atoms with Gasteiger partial charge in [-0.1, -0.05) is 6.07 Å². The van der Waals surface area contributed by atoms with Gasteiger partial charge in [-0.25, -0.2) is 0 Å². The van der Waals surface area contributed by atoms with Crippen LogP contribution >= 0.6 is 11.6 Å². The summed E-state index contributed by atoms with van der Waals surface area (Å²) in [5.41, 5.74) is 1.13. The Labute approximate surface area is 89.5 Å². The molecule has 1 rings (SSSR count). The Morgan fingerprint density at radius 1 is 1.50 bits per heavy atom. The quantitative estimate of drug-likeness (QED) is 0.781. The van der Waals surface area contributed by atoms with Crippen molar-refractivity contribution < 1.29 is 9.84 Å². The lowest BCUT2D eigenvalue weighted by Crippen LogP contribution is -1.95. The molecule has 0 fully saturated rings. The average molecular weight is 215 g/mol. The van der Waals surface area contributed by atoms with Crippen LogP contribution in [0.25, 0.3) is 0 Å². The highest BCUT2D eigenvalue weighted by molar-refractivity contribution is 6.20. The Bertz CT molecular complexity index is 297. The topological polar surface area (TPSA) is 29.5 Å². The number of alkyl halides is 1. The molecular formula is C11H15ClO2. The first-order valence-electron chi connectivity index (χ1n) is 4.63. The van der Waals surface area contributed by atoms with Gasteiger partial charge in [0, 0.05) is 5.38 Å². The van der Waals surface area contributed by atoms with E-state index in [4.69, 9.17) is 16.3 Å². The Balaban J connectivity index is 2.69. The van der Waals surface area contributed by atoms with E-state index in [9.17, 15) is 5.11 Å². The highest BCUT2D eigenvalue weighted by Gasteiger charge is 2.03. The van der Waals surface area contributed by atoms with Crippen molar-refractivity contribution in [2.45, 2.75) is 25.1 Å². The highest BCUT2D eigenvalue weighted by atomic mass is 35.5. The Morgan fingerprint density at radius 3 is 2.79 bits per heavy atom. The van der Waals surface area contributed by atoms with Gasteiger partial charge in [0.2, 0.25) is 0 Å². The molecule has 1 unspecified atom stereocenters. The molecule has 0 aliphatic carbocycles. The summed E-state index contributed by atoms with van der Waals surface area (Å²) in [6.45, 7) is 1.97. The molecule has 14 heavy (non-hydrogen) atoms. The van der Waals surface area contributed by atoms with Crippen LogP contribution in [0.15, 0.2) is 18.2 Å². The number of methoxy groups -OCH3 is 1. The number of phenols is 1. The van der Waals surface area contributed by atoms with Crippen LogP contribution in [-0.2, 0) is 6.42 Å². The number of phenolic OH excluding ortho intramolecular Hbond substituents is 1. The fourth-order valence-electron chi connectivity index (χ4n) is 1.24. The lowest BCUT2D eigenvalue weighted by atomic mass is 10.1. The van der Waals surface area contributed by atoms with Crippen LogP contribution in [0.5, 0.6) is 11.5 Å². The molecule has 0 bridgehead atoms. The zero-order chi connectivity index (χ0) is 10.6. The summed E-state index contributed by atoms with van der Waals surface area (Å²) in [7, 11) is 1.54. The second-order valence-electron chi connectivity index (χ2n) is 3.33. The zero-order valence-electron chi connectivity index (χ0n) is 8.46. The molecular weight excluding hydrogens is 200 g/mol. The highest BCUT2D eigenvalue weighted by Crippen LogP contribution is 2.26. The maximum absolute atomic E-state index is 9.36. The van der Waals surface area contributed by atoms with Gasteiger partial charge in [0.15, 0.2) is 11.5 Å². The largest absolute Gasteiger partial charge is 0.504 e. The van der Waals surface area contributed by atoms with Crippen LogP contribution in [0.2, 0.25) is 0 Å². The van der Waals surface area contributed by atoms with Crippen LogP contribution in [0.1, 0.15) is 18.9 Å². The van der Waals surface area contributed by atoms with E-state index in [1.54, 1.807) is 13.2 Å². The predicted octanol–water partition coefficient (Wildman–Crippen LogP) is 2.96. The maximum Gasteiger partial charge on any atom is 0.160 e. The van der Waals surface area contributed by atoms with Crippen molar-refractivity contribution in [2.75, 3.05) is 7.11 Å². The van der Waals surface area contributed by atoms with E-state index in [-0.39, 0.29) is 11.1 Å². The van der Waals surface area contributed by atoms with Crippen molar-refractivity contribution in [2.24, 2.45) is 0 Å². The molecule has 3 heteroatoms. The first-order chi connectivity index (χ1) is 6.63. The number of hydrogen-bond acceptors (Lipinski definition) is 2. The first kappa shape index (κ1) is 11.2. The molecule has 0 saturated carbocycles. The molecule has 78 valence electrons. The minimum atomic E-state index is 0.176. The van der Waals surface area contributed by atoms with Crippen molar-refractivity contribution >= 4 is 11.6 Å². The minimum absolute atomic E-state index is 0.176. The number of halogens is 1. The van der Waals surface area contributed by atoms with Gasteiger partial charge in [0.25, 0.3) is 0 Å². The molecule has 0 amide bonds. The van der Waals surface area contributed by atoms with E-state index in [2.05, 4.69) is 0 Å². The molecule has 0 aliphatic heterocycles. The van der Waals surface area contributed by atoms with E-state index in [1.807, 2.05) is 19.1 Å². The molecule has 1 N–H and O–H groups in total. The molecule has 0 spiro atoms. The van der Waals surface area contributed by atoms with Crippen LogP contribution in [-0.4, -0.2) is 17.6 Å². The van der Waals surface area contributed by atoms with Crippen molar-refractivity contribution in [3.63, 3.8) is 0 Å². The third-order valence-corrected chi connectivity index (χ3v) is 2.29. The lowest BCUT2D eigenvalue weighted by Gasteiger charge is -2.07. The summed E-state index contributed by atoms with van der Waals surface area (Å²) >= 11 is 5.85. The number of rotatable bonds is 4. The van der Waals surface area contributed by atoms with E-state index < -0.39 is 0 Å². The molecule has 0 aliphatic rings. The lowest BCUT2D eigenvalue weighted by molar-refractivity contribution is 0.373. The molecule has 0 heterocycles. The maximum atomic E-state index is 9.36. The summed E-state index contributed by atoms with van der Waals surface area (Å²) in [5.74, 6) is 0.694. The second kappa shape index (κ2) is 5.11. The van der Waals surface area contributed by atoms with Crippen molar-refractivity contribution in [1.82, 2.24) is 0 Å². The molecule has 1 atom stereocenters. The number of aromatic hydroxyl groups is 1. The van der Waals surface area contributed by atoms with Gasteiger partial charge < -0.3 is 9.84 Å². The molecule has 2 nitrogen and oxygen atoms in total. The molecule has 0 aromatic heterocycles. The normalized spacial score (nSPS) is 12.5. The Hall–Kier alpha value is -0.890. The number of benzene rings is 1. The molecule has 0 saturated heterocycles. The monoisotopic (exact) mass is 214 g/mol. The Kier molecular flexibility index (Phi) is 4.08. The summed E-state index contributed by atoms with van der Waals surface area (Å²) < 4.78 is 5.01. The summed E-state index contributed by atoms with van der Waals surface area (Å²) in [5, 5.41) is 9.54. The van der Waals surface area contributed by atoms with Gasteiger partial charge in [-0.2, -0.15) is 0 Å². The predicted molar refractivity (Wildman–Crippen MR) is 58.3 cm³/mol. The van der Waals surface area contributed by atoms with Crippen LogP contribution < -0.4 is 4.74 Å². The van der Waals surface area contributed by atoms with Crippen molar-refractivity contribution in [3.8, 4) is 11.5 Å². The Morgan fingerprint density at radius 2 is 2.21 bits per heavy atom. The minimum Gasteiger partial charge on any atom is -0.504 e. The smallest absolute Gasteiger partial charge is 0.160 e. The summed E-state index contributed by atoms with van der Waals surface area (Å²) in [4.78, 5) is 0. The number of hydrogen-bond donors (Lipinski definition) is 1. The van der Waals surface area contributed by atoms with Gasteiger partial charge in [-0.3, -0.25) is 0 Å². The van der Waals surface area contributed by atoms with Crippen LogP contribution in [0.4, 0.5) is 0 Å². The van der Waals surface area contributed by atoms with E-state index >= 15 is 0 Å². The van der Waals surface area contributed by atoms with Gasteiger partial charge in [0.05, 0.1) is 7.11 Å². The standard InChI is InChI=1S/C11H15ClO2/c1-8(12)3-4-9-5-6-10(13)11(7-9)14-2/h5-8,13H,3-4H2,1-2H3. The van der Waals surface area contributed by atoms with E-state index in [0.29, 0.717) is 5.75 Å².